The van der Waals surface area contributed by atoms with Crippen LogP contribution >= 0.6 is 0 Å². The first-order chi connectivity index (χ1) is 19.1. The lowest BCUT2D eigenvalue weighted by atomic mass is 9.85. The molecule has 10 heteroatoms. The fourth-order valence-electron chi connectivity index (χ4n) is 5.27. The summed E-state index contributed by atoms with van der Waals surface area (Å²) in [5.41, 5.74) is 0. The Labute approximate surface area is 240 Å². The quantitative estimate of drug-likeness (QED) is 0.0903. The van der Waals surface area contributed by atoms with Gasteiger partial charge in [-0.1, -0.05) is 104 Å². The number of carbonyl (C=O) groups is 2. The molecule has 40 heavy (non-hydrogen) atoms. The van der Waals surface area contributed by atoms with Crippen molar-refractivity contribution in [1.82, 2.24) is 5.32 Å². The Morgan fingerprint density at radius 2 is 1.20 bits per heavy atom. The molecular formula is C30H57NO9. The molecule has 1 rings (SSSR count). The molecular weight excluding hydrogens is 518 g/mol. The van der Waals surface area contributed by atoms with Gasteiger partial charge >= 0.3 is 0 Å². The summed E-state index contributed by atoms with van der Waals surface area (Å²) in [7, 11) is 0. The maximum atomic E-state index is 13.1. The highest BCUT2D eigenvalue weighted by Crippen LogP contribution is 2.31. The van der Waals surface area contributed by atoms with E-state index in [4.69, 9.17) is 4.74 Å². The van der Waals surface area contributed by atoms with E-state index in [9.17, 15) is 40.2 Å². The summed E-state index contributed by atoms with van der Waals surface area (Å²) in [6, 6.07) is -1.75. The highest BCUT2D eigenvalue weighted by atomic mass is 16.7. The Hall–Kier alpha value is -1.14. The maximum absolute atomic E-state index is 13.1. The molecule has 7 N–H and O–H groups in total. The molecule has 1 heterocycles. The Morgan fingerprint density at radius 3 is 1.68 bits per heavy atom. The van der Waals surface area contributed by atoms with E-state index < -0.39 is 67.1 Å². The normalized spacial score (nSPS) is 26.4. The molecule has 0 aliphatic carbocycles. The number of carbonyl (C=O) groups excluding carboxylic acids is 2. The number of amides is 1. The minimum absolute atomic E-state index is 0.317. The zero-order valence-corrected chi connectivity index (χ0v) is 24.8. The van der Waals surface area contributed by atoms with Gasteiger partial charge in [0.1, 0.15) is 24.4 Å². The number of aliphatic hydroxyl groups excluding tert-OH is 5. The molecule has 0 aromatic heterocycles. The molecule has 1 fully saturated rings. The van der Waals surface area contributed by atoms with E-state index >= 15 is 0 Å². The molecule has 1 saturated heterocycles. The Morgan fingerprint density at radius 1 is 0.750 bits per heavy atom. The summed E-state index contributed by atoms with van der Waals surface area (Å²) in [5, 5.41) is 64.8. The molecule has 0 saturated carbocycles. The van der Waals surface area contributed by atoms with E-state index in [0.717, 1.165) is 51.4 Å². The number of Topliss-reactive ketones (excluding diaryl/α,β-unsaturated/α-hetero) is 1. The van der Waals surface area contributed by atoms with E-state index in [0.29, 0.717) is 19.3 Å². The van der Waals surface area contributed by atoms with Crippen LogP contribution in [-0.2, 0) is 14.3 Å². The number of ether oxygens (including phenoxy) is 1. The highest BCUT2D eigenvalue weighted by Gasteiger charge is 2.57. The monoisotopic (exact) mass is 575 g/mol. The standard InChI is InChI=1S/C30H57NO9/c1-3-5-7-9-10-11-12-14-16-17-22(33)19-25(35)30(39)29(28(38)27(37)24(21-32)40-30)31-26(36)20-23(34)18-15-13-8-6-4-2/h22-24,27-29,32-34,37-39H,3-21H2,1-2H3,(H,31,36)/t22-,23-,24-,27-,28+,29-,30?/m1/s1. The molecule has 0 bridgehead atoms. The van der Waals surface area contributed by atoms with Crippen LogP contribution in [0.1, 0.15) is 129 Å². The smallest absolute Gasteiger partial charge is 0.250 e. The summed E-state index contributed by atoms with van der Waals surface area (Å²) in [5.74, 6) is -4.47. The van der Waals surface area contributed by atoms with Crippen molar-refractivity contribution in [2.45, 2.75) is 172 Å². The second-order valence-electron chi connectivity index (χ2n) is 11.5. The Balaban J connectivity index is 2.66. The van der Waals surface area contributed by atoms with E-state index in [1.54, 1.807) is 0 Å². The molecule has 0 aromatic carbocycles. The predicted octanol–water partition coefficient (Wildman–Crippen LogP) is 2.63. The lowest BCUT2D eigenvalue weighted by Crippen LogP contribution is -2.73. The number of rotatable bonds is 23. The average molecular weight is 576 g/mol. The first-order valence-corrected chi connectivity index (χ1v) is 15.7. The van der Waals surface area contributed by atoms with E-state index in [2.05, 4.69) is 19.2 Å². The summed E-state index contributed by atoms with van der Waals surface area (Å²) in [6.45, 7) is 3.50. The summed E-state index contributed by atoms with van der Waals surface area (Å²) < 4.78 is 5.34. The first-order valence-electron chi connectivity index (χ1n) is 15.7. The first kappa shape index (κ1) is 36.9. The Bertz CT molecular complexity index is 694. The van der Waals surface area contributed by atoms with Crippen LogP contribution in [0, 0.1) is 0 Å². The number of ketones is 1. The second-order valence-corrected chi connectivity index (χ2v) is 11.5. The van der Waals surface area contributed by atoms with Crippen molar-refractivity contribution in [2.75, 3.05) is 6.61 Å². The van der Waals surface area contributed by atoms with Gasteiger partial charge in [-0.2, -0.15) is 0 Å². The molecule has 1 unspecified atom stereocenters. The molecule has 7 atom stereocenters. The van der Waals surface area contributed by atoms with Crippen LogP contribution in [0.25, 0.3) is 0 Å². The van der Waals surface area contributed by atoms with Crippen LogP contribution in [-0.4, -0.2) is 91.3 Å². The van der Waals surface area contributed by atoms with Crippen molar-refractivity contribution in [3.63, 3.8) is 0 Å². The van der Waals surface area contributed by atoms with Gasteiger partial charge in [0.2, 0.25) is 5.91 Å². The lowest BCUT2D eigenvalue weighted by Gasteiger charge is -2.47. The minimum atomic E-state index is -2.77. The van der Waals surface area contributed by atoms with Gasteiger partial charge in [-0.25, -0.2) is 0 Å². The van der Waals surface area contributed by atoms with E-state index in [1.807, 2.05) is 0 Å². The molecule has 0 radical (unpaired) electrons. The van der Waals surface area contributed by atoms with Crippen LogP contribution in [0.2, 0.25) is 0 Å². The second kappa shape index (κ2) is 20.7. The van der Waals surface area contributed by atoms with Gasteiger partial charge in [-0.05, 0) is 12.8 Å². The van der Waals surface area contributed by atoms with Crippen molar-refractivity contribution in [3.05, 3.63) is 0 Å². The summed E-state index contributed by atoms with van der Waals surface area (Å²) in [4.78, 5) is 25.8. The van der Waals surface area contributed by atoms with E-state index in [1.165, 1.54) is 32.1 Å². The van der Waals surface area contributed by atoms with Crippen LogP contribution in [0.5, 0.6) is 0 Å². The van der Waals surface area contributed by atoms with Gasteiger partial charge < -0.3 is 40.7 Å². The molecule has 236 valence electrons. The summed E-state index contributed by atoms with van der Waals surface area (Å²) in [6.07, 6.45) is 7.83. The van der Waals surface area contributed by atoms with Gasteiger partial charge in [0.25, 0.3) is 5.79 Å². The number of nitrogens with one attached hydrogen (secondary N) is 1. The number of hydrogen-bond acceptors (Lipinski definition) is 9. The number of aliphatic hydroxyl groups is 6. The van der Waals surface area contributed by atoms with Crippen molar-refractivity contribution < 1.29 is 45.0 Å². The zero-order valence-electron chi connectivity index (χ0n) is 24.8. The van der Waals surface area contributed by atoms with Crippen molar-refractivity contribution >= 4 is 11.7 Å². The molecule has 0 aromatic rings. The predicted molar refractivity (Wildman–Crippen MR) is 152 cm³/mol. The molecule has 1 aliphatic rings. The number of unbranched alkanes of at least 4 members (excludes halogenated alkanes) is 12. The van der Waals surface area contributed by atoms with Crippen molar-refractivity contribution in [3.8, 4) is 0 Å². The SMILES string of the molecule is CCCCCCCCCCC[C@@H](O)CC(=O)C1(O)O[C@H](CO)[C@@H](O)[C@H](O)[C@H]1NC(=O)C[C@H](O)CCCCCCC. The van der Waals surface area contributed by atoms with Crippen LogP contribution in [0.15, 0.2) is 0 Å². The third-order valence-corrected chi connectivity index (χ3v) is 7.84. The zero-order chi connectivity index (χ0) is 30.0. The highest BCUT2D eigenvalue weighted by molar-refractivity contribution is 5.88. The van der Waals surface area contributed by atoms with Crippen LogP contribution < -0.4 is 5.32 Å². The third kappa shape index (κ3) is 13.2. The van der Waals surface area contributed by atoms with Gasteiger partial charge in [0, 0.05) is 6.42 Å². The molecule has 1 aliphatic heterocycles. The van der Waals surface area contributed by atoms with Crippen molar-refractivity contribution in [1.29, 1.82) is 0 Å². The molecule has 0 spiro atoms. The van der Waals surface area contributed by atoms with Gasteiger partial charge in [0.05, 0.1) is 25.2 Å². The topological polar surface area (TPSA) is 177 Å². The number of hydrogen-bond donors (Lipinski definition) is 7. The Kier molecular flexibility index (Phi) is 19.1. The van der Waals surface area contributed by atoms with Gasteiger partial charge in [0.15, 0.2) is 5.78 Å². The van der Waals surface area contributed by atoms with Crippen LogP contribution in [0.3, 0.4) is 0 Å². The maximum Gasteiger partial charge on any atom is 0.250 e. The van der Waals surface area contributed by atoms with Crippen molar-refractivity contribution in [2.24, 2.45) is 0 Å². The van der Waals surface area contributed by atoms with E-state index in [-0.39, 0.29) is 6.42 Å². The van der Waals surface area contributed by atoms with Gasteiger partial charge in [-0.15, -0.1) is 0 Å². The summed E-state index contributed by atoms with van der Waals surface area (Å²) >= 11 is 0. The van der Waals surface area contributed by atoms with Gasteiger partial charge in [-0.3, -0.25) is 9.59 Å². The van der Waals surface area contributed by atoms with Crippen LogP contribution in [0.4, 0.5) is 0 Å². The lowest BCUT2D eigenvalue weighted by molar-refractivity contribution is -0.302. The molecule has 10 nitrogen and oxygen atoms in total. The fraction of sp³-hybridized carbons (Fsp3) is 0.933. The molecule has 1 amide bonds. The average Bonchev–Trinajstić information content (AvgIpc) is 2.92. The minimum Gasteiger partial charge on any atom is -0.394 e. The largest absolute Gasteiger partial charge is 0.394 e. The third-order valence-electron chi connectivity index (χ3n) is 7.84. The fourth-order valence-corrected chi connectivity index (χ4v) is 5.27.